The average molecular weight is 276 g/mol. The van der Waals surface area contributed by atoms with Crippen LogP contribution in [0, 0.1) is 5.41 Å². The van der Waals surface area contributed by atoms with Crippen molar-refractivity contribution in [1.29, 1.82) is 0 Å². The minimum Gasteiger partial charge on any atom is -0.488 e. The standard InChI is InChI=1S/C16H24N2O2/c1-10-8-16(6-4-13(17)5-7-16)15(19)18(10)14-9-20-12(3)11(14)2/h10,13H,3-9,17H2,1-2H3. The molecular weight excluding hydrogens is 252 g/mol. The van der Waals surface area contributed by atoms with Crippen LogP contribution in [0.4, 0.5) is 0 Å². The van der Waals surface area contributed by atoms with Crippen LogP contribution in [0.1, 0.15) is 46.0 Å². The highest BCUT2D eigenvalue weighted by molar-refractivity contribution is 5.87. The smallest absolute Gasteiger partial charge is 0.233 e. The van der Waals surface area contributed by atoms with Crippen LogP contribution in [-0.2, 0) is 9.53 Å². The maximum atomic E-state index is 13.0. The summed E-state index contributed by atoms with van der Waals surface area (Å²) in [6.07, 6.45) is 4.74. The zero-order chi connectivity index (χ0) is 14.5. The Hall–Kier alpha value is -1.29. The van der Waals surface area contributed by atoms with Gasteiger partial charge in [0.05, 0.1) is 11.1 Å². The summed E-state index contributed by atoms with van der Waals surface area (Å²) in [7, 11) is 0. The van der Waals surface area contributed by atoms with E-state index in [4.69, 9.17) is 10.5 Å². The van der Waals surface area contributed by atoms with Crippen LogP contribution < -0.4 is 5.73 Å². The van der Waals surface area contributed by atoms with Crippen molar-refractivity contribution in [3.8, 4) is 0 Å². The normalized spacial score (nSPS) is 38.0. The van der Waals surface area contributed by atoms with E-state index in [1.807, 2.05) is 11.8 Å². The molecule has 2 heterocycles. The molecule has 1 saturated carbocycles. The van der Waals surface area contributed by atoms with E-state index in [0.717, 1.165) is 43.4 Å². The predicted molar refractivity (Wildman–Crippen MR) is 77.6 cm³/mol. The summed E-state index contributed by atoms with van der Waals surface area (Å²) in [5, 5.41) is 0. The lowest BCUT2D eigenvalue weighted by Gasteiger charge is -2.34. The fourth-order valence-corrected chi connectivity index (χ4v) is 3.98. The number of rotatable bonds is 1. The van der Waals surface area contributed by atoms with Gasteiger partial charge in [0.2, 0.25) is 5.91 Å². The monoisotopic (exact) mass is 276 g/mol. The molecule has 4 nitrogen and oxygen atoms in total. The van der Waals surface area contributed by atoms with Crippen molar-refractivity contribution in [2.24, 2.45) is 11.1 Å². The van der Waals surface area contributed by atoms with Crippen molar-refractivity contribution >= 4 is 5.91 Å². The molecule has 0 aromatic heterocycles. The molecule has 110 valence electrons. The van der Waals surface area contributed by atoms with Gasteiger partial charge in [-0.3, -0.25) is 4.79 Å². The number of carbonyl (C=O) groups excluding carboxylic acids is 1. The number of amides is 1. The van der Waals surface area contributed by atoms with Crippen LogP contribution in [0.2, 0.25) is 0 Å². The molecule has 0 aromatic carbocycles. The summed E-state index contributed by atoms with van der Waals surface area (Å²) < 4.78 is 5.50. The molecule has 20 heavy (non-hydrogen) atoms. The molecule has 2 fully saturated rings. The average Bonchev–Trinajstić information content (AvgIpc) is 2.85. The molecule has 2 aliphatic heterocycles. The first-order valence-electron chi connectivity index (χ1n) is 7.56. The minimum atomic E-state index is -0.174. The van der Waals surface area contributed by atoms with Gasteiger partial charge < -0.3 is 15.4 Å². The quantitative estimate of drug-likeness (QED) is 0.799. The van der Waals surface area contributed by atoms with Crippen LogP contribution >= 0.6 is 0 Å². The number of nitrogens with two attached hydrogens (primary N) is 1. The molecule has 2 N–H and O–H groups in total. The molecule has 1 unspecified atom stereocenters. The Kier molecular flexibility index (Phi) is 3.16. The minimum absolute atomic E-state index is 0.174. The Bertz CT molecular complexity index is 487. The Morgan fingerprint density at radius 1 is 1.40 bits per heavy atom. The Balaban J connectivity index is 1.88. The number of likely N-dealkylation sites (tertiary alicyclic amines) is 1. The van der Waals surface area contributed by atoms with Crippen molar-refractivity contribution in [1.82, 2.24) is 4.90 Å². The molecule has 1 saturated heterocycles. The third-order valence-electron chi connectivity index (χ3n) is 5.31. The molecule has 1 amide bonds. The zero-order valence-corrected chi connectivity index (χ0v) is 12.4. The largest absolute Gasteiger partial charge is 0.488 e. The summed E-state index contributed by atoms with van der Waals surface area (Å²) in [6.45, 7) is 8.50. The molecule has 1 atom stereocenters. The zero-order valence-electron chi connectivity index (χ0n) is 12.4. The highest BCUT2D eigenvalue weighted by atomic mass is 16.5. The van der Waals surface area contributed by atoms with Crippen molar-refractivity contribution in [3.63, 3.8) is 0 Å². The molecule has 1 spiro atoms. The van der Waals surface area contributed by atoms with Crippen molar-refractivity contribution in [2.45, 2.75) is 58.0 Å². The number of ether oxygens (including phenoxy) is 1. The second-order valence-electron chi connectivity index (χ2n) is 6.63. The van der Waals surface area contributed by atoms with Gasteiger partial charge in [0.1, 0.15) is 12.4 Å². The molecule has 3 aliphatic rings. The van der Waals surface area contributed by atoms with Gasteiger partial charge in [0.25, 0.3) is 0 Å². The van der Waals surface area contributed by atoms with Gasteiger partial charge in [0, 0.05) is 17.7 Å². The molecular formula is C16H24N2O2. The first-order chi connectivity index (χ1) is 9.44. The topological polar surface area (TPSA) is 55.6 Å². The van der Waals surface area contributed by atoms with Crippen molar-refractivity contribution in [3.05, 3.63) is 23.6 Å². The van der Waals surface area contributed by atoms with Gasteiger partial charge in [-0.2, -0.15) is 0 Å². The highest BCUT2D eigenvalue weighted by Crippen LogP contribution is 2.49. The molecule has 0 aromatic rings. The second kappa shape index (κ2) is 4.62. The van der Waals surface area contributed by atoms with E-state index in [9.17, 15) is 4.79 Å². The first kappa shape index (κ1) is 13.7. The third-order valence-corrected chi connectivity index (χ3v) is 5.31. The van der Waals surface area contributed by atoms with Crippen LogP contribution in [0.25, 0.3) is 0 Å². The lowest BCUT2D eigenvalue weighted by Crippen LogP contribution is -2.40. The van der Waals surface area contributed by atoms with Gasteiger partial charge in [-0.05, 0) is 46.0 Å². The van der Waals surface area contributed by atoms with Gasteiger partial charge in [-0.25, -0.2) is 0 Å². The van der Waals surface area contributed by atoms with Gasteiger partial charge in [-0.15, -0.1) is 0 Å². The highest BCUT2D eigenvalue weighted by Gasteiger charge is 2.52. The lowest BCUT2D eigenvalue weighted by molar-refractivity contribution is -0.136. The predicted octanol–water partition coefficient (Wildman–Crippen LogP) is 2.31. The summed E-state index contributed by atoms with van der Waals surface area (Å²) in [6, 6.07) is 0.518. The van der Waals surface area contributed by atoms with Crippen molar-refractivity contribution < 1.29 is 9.53 Å². The van der Waals surface area contributed by atoms with Gasteiger partial charge >= 0.3 is 0 Å². The third kappa shape index (κ3) is 1.89. The number of hydrogen-bond donors (Lipinski definition) is 1. The number of nitrogens with zero attached hydrogens (tertiary/aromatic N) is 1. The first-order valence-corrected chi connectivity index (χ1v) is 7.56. The van der Waals surface area contributed by atoms with Crippen LogP contribution in [0.5, 0.6) is 0 Å². The van der Waals surface area contributed by atoms with Crippen LogP contribution in [0.15, 0.2) is 23.6 Å². The van der Waals surface area contributed by atoms with E-state index < -0.39 is 0 Å². The van der Waals surface area contributed by atoms with E-state index >= 15 is 0 Å². The fraction of sp³-hybridized carbons (Fsp3) is 0.688. The molecule has 3 rings (SSSR count). The number of hydrogen-bond acceptors (Lipinski definition) is 3. The molecule has 4 heteroatoms. The van der Waals surface area contributed by atoms with E-state index in [0.29, 0.717) is 12.4 Å². The summed E-state index contributed by atoms with van der Waals surface area (Å²) in [5.41, 5.74) is 7.86. The van der Waals surface area contributed by atoms with Gasteiger partial charge in [-0.1, -0.05) is 6.58 Å². The Morgan fingerprint density at radius 2 is 2.05 bits per heavy atom. The van der Waals surface area contributed by atoms with E-state index in [-0.39, 0.29) is 23.4 Å². The van der Waals surface area contributed by atoms with E-state index in [1.54, 1.807) is 0 Å². The lowest BCUT2D eigenvalue weighted by atomic mass is 9.71. The van der Waals surface area contributed by atoms with Gasteiger partial charge in [0.15, 0.2) is 0 Å². The maximum Gasteiger partial charge on any atom is 0.233 e. The van der Waals surface area contributed by atoms with E-state index in [1.165, 1.54) is 0 Å². The second-order valence-corrected chi connectivity index (χ2v) is 6.63. The Morgan fingerprint density at radius 3 is 2.60 bits per heavy atom. The summed E-state index contributed by atoms with van der Waals surface area (Å²) in [5.74, 6) is 0.983. The van der Waals surface area contributed by atoms with Crippen LogP contribution in [-0.4, -0.2) is 29.5 Å². The molecule has 0 bridgehead atoms. The van der Waals surface area contributed by atoms with Crippen LogP contribution in [0.3, 0.4) is 0 Å². The van der Waals surface area contributed by atoms with Crippen molar-refractivity contribution in [2.75, 3.05) is 6.61 Å². The maximum absolute atomic E-state index is 13.0. The SMILES string of the molecule is C=C1OCC(N2C(=O)C3(CCC(N)CC3)CC2C)=C1C. The molecule has 0 radical (unpaired) electrons. The fourth-order valence-electron chi connectivity index (χ4n) is 3.98. The molecule has 1 aliphatic carbocycles. The summed E-state index contributed by atoms with van der Waals surface area (Å²) in [4.78, 5) is 15.0. The Labute approximate surface area is 120 Å². The number of carbonyl (C=O) groups is 1. The summed E-state index contributed by atoms with van der Waals surface area (Å²) >= 11 is 0. The van der Waals surface area contributed by atoms with E-state index in [2.05, 4.69) is 13.5 Å². The number of allylic oxidation sites excluding steroid dienone is 1.